The molecule has 1 heterocycles. The predicted octanol–water partition coefficient (Wildman–Crippen LogP) is 5.85. The summed E-state index contributed by atoms with van der Waals surface area (Å²) in [6.45, 7) is 7.14. The van der Waals surface area contributed by atoms with Gasteiger partial charge in [0.1, 0.15) is 0 Å². The summed E-state index contributed by atoms with van der Waals surface area (Å²) >= 11 is 5.78. The average Bonchev–Trinajstić information content (AvgIpc) is 2.79. The molecule has 32 heavy (non-hydrogen) atoms. The van der Waals surface area contributed by atoms with Gasteiger partial charge in [0.25, 0.3) is 5.56 Å². The van der Waals surface area contributed by atoms with Crippen molar-refractivity contribution >= 4 is 33.9 Å². The molecule has 1 aromatic heterocycles. The fraction of sp³-hybridized carbons (Fsp3) is 0.185. The number of aryl methyl sites for hydroxylation is 3. The molecule has 0 atom stereocenters. The minimum atomic E-state index is -0.0811. The number of aromatic nitrogens is 1. The van der Waals surface area contributed by atoms with Gasteiger partial charge in [-0.25, -0.2) is 0 Å². The molecule has 162 valence electrons. The number of nitrogens with zero attached hydrogens (tertiary/aromatic N) is 1. The van der Waals surface area contributed by atoms with E-state index in [2.05, 4.69) is 42.3 Å². The van der Waals surface area contributed by atoms with Crippen molar-refractivity contribution in [3.05, 3.63) is 111 Å². The molecule has 0 spiro atoms. The summed E-state index contributed by atoms with van der Waals surface area (Å²) in [5, 5.41) is 4.98. The molecule has 5 heteroatoms. The molecule has 0 aliphatic rings. The fourth-order valence-corrected chi connectivity index (χ4v) is 4.03. The second-order valence-electron chi connectivity index (χ2n) is 8.25. The Morgan fingerprint density at radius 2 is 1.59 bits per heavy atom. The van der Waals surface area contributed by atoms with Gasteiger partial charge in [0, 0.05) is 23.2 Å². The van der Waals surface area contributed by atoms with Gasteiger partial charge >= 0.3 is 0 Å². The van der Waals surface area contributed by atoms with Crippen LogP contribution in [-0.2, 0) is 13.1 Å². The van der Waals surface area contributed by atoms with Crippen molar-refractivity contribution in [2.24, 2.45) is 0 Å². The van der Waals surface area contributed by atoms with Crippen LogP contribution in [0.4, 0.5) is 5.69 Å². The van der Waals surface area contributed by atoms with Gasteiger partial charge in [-0.15, -0.1) is 0 Å². The number of fused-ring (bicyclic) bond motifs is 1. The van der Waals surface area contributed by atoms with Gasteiger partial charge in [-0.3, -0.25) is 4.79 Å². The lowest BCUT2D eigenvalue weighted by molar-refractivity contribution is 0.411. The van der Waals surface area contributed by atoms with Gasteiger partial charge < -0.3 is 15.2 Å². The van der Waals surface area contributed by atoms with Crippen molar-refractivity contribution in [2.45, 2.75) is 33.9 Å². The minimum Gasteiger partial charge on any atom is -0.340 e. The summed E-state index contributed by atoms with van der Waals surface area (Å²) in [5.74, 6) is 0. The molecule has 0 aliphatic carbocycles. The van der Waals surface area contributed by atoms with Crippen LogP contribution in [0.2, 0.25) is 0 Å². The number of H-pyrrole nitrogens is 1. The van der Waals surface area contributed by atoms with E-state index in [-0.39, 0.29) is 5.56 Å². The first-order valence-electron chi connectivity index (χ1n) is 10.7. The van der Waals surface area contributed by atoms with Crippen LogP contribution in [-0.4, -0.2) is 15.0 Å². The largest absolute Gasteiger partial charge is 0.340 e. The van der Waals surface area contributed by atoms with Crippen molar-refractivity contribution in [1.82, 2.24) is 9.88 Å². The van der Waals surface area contributed by atoms with E-state index in [4.69, 9.17) is 12.2 Å². The minimum absolute atomic E-state index is 0.0811. The molecule has 4 aromatic rings. The standard InChI is InChI=1S/C27H27N3OS/c1-18-9-13-23(14-10-18)28-27(32)30(16-21-7-5-4-6-8-21)17-22-15-24-19(2)11-12-20(3)25(24)29-26(22)31/h4-15H,16-17H2,1-3H3,(H,28,32)(H,29,31). The van der Waals surface area contributed by atoms with Crippen LogP contribution in [0.3, 0.4) is 0 Å². The molecule has 0 amide bonds. The van der Waals surface area contributed by atoms with Crippen molar-refractivity contribution in [3.8, 4) is 0 Å². The molecule has 4 rings (SSSR count). The molecule has 0 unspecified atom stereocenters. The van der Waals surface area contributed by atoms with Crippen molar-refractivity contribution in [1.29, 1.82) is 0 Å². The maximum absolute atomic E-state index is 13.0. The third kappa shape index (κ3) is 4.89. The van der Waals surface area contributed by atoms with Crippen LogP contribution in [0.25, 0.3) is 10.9 Å². The highest BCUT2D eigenvalue weighted by atomic mass is 32.1. The van der Waals surface area contributed by atoms with Crippen LogP contribution >= 0.6 is 12.2 Å². The zero-order valence-corrected chi connectivity index (χ0v) is 19.4. The summed E-state index contributed by atoms with van der Waals surface area (Å²) in [5.41, 5.74) is 6.95. The lowest BCUT2D eigenvalue weighted by Crippen LogP contribution is -2.35. The third-order valence-electron chi connectivity index (χ3n) is 5.69. The van der Waals surface area contributed by atoms with Gasteiger partial charge in [0.15, 0.2) is 5.11 Å². The molecular formula is C27H27N3OS. The summed E-state index contributed by atoms with van der Waals surface area (Å²) in [4.78, 5) is 18.1. The lowest BCUT2D eigenvalue weighted by atomic mass is 10.0. The van der Waals surface area contributed by atoms with E-state index in [1.54, 1.807) is 0 Å². The molecule has 4 nitrogen and oxygen atoms in total. The van der Waals surface area contributed by atoms with E-state index in [1.807, 2.05) is 66.4 Å². The summed E-state index contributed by atoms with van der Waals surface area (Å²) in [7, 11) is 0. The normalized spacial score (nSPS) is 10.8. The van der Waals surface area contributed by atoms with Crippen molar-refractivity contribution in [2.75, 3.05) is 5.32 Å². The maximum Gasteiger partial charge on any atom is 0.253 e. The smallest absolute Gasteiger partial charge is 0.253 e. The van der Waals surface area contributed by atoms with Crippen LogP contribution in [0.1, 0.15) is 27.8 Å². The Bertz CT molecular complexity index is 1310. The Balaban J connectivity index is 1.67. The molecule has 0 fully saturated rings. The lowest BCUT2D eigenvalue weighted by Gasteiger charge is -2.26. The van der Waals surface area contributed by atoms with Gasteiger partial charge in [0.05, 0.1) is 12.1 Å². The van der Waals surface area contributed by atoms with Gasteiger partial charge in [-0.05, 0) is 67.9 Å². The van der Waals surface area contributed by atoms with Crippen molar-refractivity contribution < 1.29 is 0 Å². The highest BCUT2D eigenvalue weighted by Gasteiger charge is 2.15. The number of hydrogen-bond donors (Lipinski definition) is 2. The van der Waals surface area contributed by atoms with E-state index >= 15 is 0 Å². The average molecular weight is 442 g/mol. The van der Waals surface area contributed by atoms with E-state index in [9.17, 15) is 4.79 Å². The zero-order valence-electron chi connectivity index (χ0n) is 18.6. The number of hydrogen-bond acceptors (Lipinski definition) is 2. The Kier molecular flexibility index (Phi) is 6.37. The monoisotopic (exact) mass is 441 g/mol. The topological polar surface area (TPSA) is 48.1 Å². The number of benzene rings is 3. The molecule has 0 radical (unpaired) electrons. The molecule has 0 saturated heterocycles. The molecule has 3 aromatic carbocycles. The maximum atomic E-state index is 13.0. The SMILES string of the molecule is Cc1ccc(NC(=S)N(Cc2ccccc2)Cc2cc3c(C)ccc(C)c3[nH]c2=O)cc1. The number of aromatic amines is 1. The van der Waals surface area contributed by atoms with Crippen molar-refractivity contribution in [3.63, 3.8) is 0 Å². The first kappa shape index (κ1) is 21.8. The number of rotatable bonds is 5. The molecular weight excluding hydrogens is 414 g/mol. The fourth-order valence-electron chi connectivity index (χ4n) is 3.78. The van der Waals surface area contributed by atoms with Crippen LogP contribution in [0, 0.1) is 20.8 Å². The Labute approximate surface area is 193 Å². The summed E-state index contributed by atoms with van der Waals surface area (Å²) < 4.78 is 0. The second kappa shape index (κ2) is 9.37. The number of thiocarbonyl (C=S) groups is 1. The zero-order chi connectivity index (χ0) is 22.7. The molecule has 0 bridgehead atoms. The third-order valence-corrected chi connectivity index (χ3v) is 6.05. The Hall–Kier alpha value is -3.44. The molecule has 2 N–H and O–H groups in total. The number of anilines is 1. The van der Waals surface area contributed by atoms with E-state index < -0.39 is 0 Å². The van der Waals surface area contributed by atoms with Gasteiger partial charge in [-0.1, -0.05) is 60.2 Å². The molecule has 0 aliphatic heterocycles. The quantitative estimate of drug-likeness (QED) is 0.381. The van der Waals surface area contributed by atoms with E-state index in [1.165, 1.54) is 5.56 Å². The van der Waals surface area contributed by atoms with Crippen LogP contribution in [0.5, 0.6) is 0 Å². The second-order valence-corrected chi connectivity index (χ2v) is 8.64. The first-order chi connectivity index (χ1) is 15.4. The van der Waals surface area contributed by atoms with Crippen LogP contribution < -0.4 is 10.9 Å². The predicted molar refractivity (Wildman–Crippen MR) is 137 cm³/mol. The molecule has 0 saturated carbocycles. The van der Waals surface area contributed by atoms with Crippen LogP contribution in [0.15, 0.2) is 77.6 Å². The first-order valence-corrected chi connectivity index (χ1v) is 11.1. The number of pyridine rings is 1. The van der Waals surface area contributed by atoms with Gasteiger partial charge in [-0.2, -0.15) is 0 Å². The Morgan fingerprint density at radius 1 is 0.906 bits per heavy atom. The highest BCUT2D eigenvalue weighted by Crippen LogP contribution is 2.21. The summed E-state index contributed by atoms with van der Waals surface area (Å²) in [6, 6.07) is 24.4. The summed E-state index contributed by atoms with van der Waals surface area (Å²) in [6.07, 6.45) is 0. The van der Waals surface area contributed by atoms with E-state index in [0.29, 0.717) is 23.8 Å². The highest BCUT2D eigenvalue weighted by molar-refractivity contribution is 7.80. The van der Waals surface area contributed by atoms with Gasteiger partial charge in [0.2, 0.25) is 0 Å². The number of nitrogens with one attached hydrogen (secondary N) is 2. The van der Waals surface area contributed by atoms with E-state index in [0.717, 1.165) is 33.3 Å². The Morgan fingerprint density at radius 3 is 2.31 bits per heavy atom.